The monoisotopic (exact) mass is 249 g/mol. The van der Waals surface area contributed by atoms with Crippen molar-refractivity contribution in [2.24, 2.45) is 22.7 Å². The van der Waals surface area contributed by atoms with Gasteiger partial charge in [-0.3, -0.25) is 0 Å². The zero-order valence-electron chi connectivity index (χ0n) is 13.0. The van der Waals surface area contributed by atoms with Crippen molar-refractivity contribution in [3.8, 4) is 0 Å². The molecular weight excluding hydrogens is 218 g/mol. The van der Waals surface area contributed by atoms with Gasteiger partial charge in [-0.1, -0.05) is 27.7 Å². The number of rotatable bonds is 3. The third-order valence-corrected chi connectivity index (χ3v) is 6.16. The van der Waals surface area contributed by atoms with Crippen molar-refractivity contribution in [2.75, 3.05) is 0 Å². The summed E-state index contributed by atoms with van der Waals surface area (Å²) in [6.45, 7) is 12.2. The summed E-state index contributed by atoms with van der Waals surface area (Å²) in [7, 11) is 0. The minimum absolute atomic E-state index is 0.479. The Morgan fingerprint density at radius 2 is 1.44 bits per heavy atom. The van der Waals surface area contributed by atoms with E-state index in [0.29, 0.717) is 22.4 Å². The van der Waals surface area contributed by atoms with Crippen LogP contribution in [0.1, 0.15) is 73.1 Å². The lowest BCUT2D eigenvalue weighted by Gasteiger charge is -2.66. The second-order valence-corrected chi connectivity index (χ2v) is 9.09. The number of nitrogens with one attached hydrogen (secondary N) is 1. The molecule has 0 aliphatic heterocycles. The zero-order chi connectivity index (χ0) is 13.2. The summed E-state index contributed by atoms with van der Waals surface area (Å²) in [5, 5.41) is 4.07. The lowest BCUT2D eigenvalue weighted by Crippen LogP contribution is -2.65. The Hall–Kier alpha value is -0.0400. The summed E-state index contributed by atoms with van der Waals surface area (Å²) in [5.74, 6) is 1.75. The first-order chi connectivity index (χ1) is 8.23. The molecule has 4 fully saturated rings. The largest absolute Gasteiger partial charge is 0.308 e. The van der Waals surface area contributed by atoms with Crippen molar-refractivity contribution >= 4 is 0 Å². The molecule has 3 atom stereocenters. The van der Waals surface area contributed by atoms with E-state index in [1.54, 1.807) is 0 Å². The second-order valence-electron chi connectivity index (χ2n) is 9.09. The van der Waals surface area contributed by atoms with E-state index in [-0.39, 0.29) is 0 Å². The molecule has 4 bridgehead atoms. The highest BCUT2D eigenvalue weighted by molar-refractivity contribution is 5.14. The Morgan fingerprint density at radius 1 is 0.889 bits per heavy atom. The minimum Gasteiger partial charge on any atom is -0.308 e. The van der Waals surface area contributed by atoms with Crippen LogP contribution in [0.3, 0.4) is 0 Å². The summed E-state index contributed by atoms with van der Waals surface area (Å²) in [6, 6.07) is 0.661. The van der Waals surface area contributed by atoms with Crippen LogP contribution in [0.5, 0.6) is 0 Å². The van der Waals surface area contributed by atoms with Crippen LogP contribution in [-0.2, 0) is 0 Å². The lowest BCUT2D eigenvalue weighted by atomic mass is 9.42. The Balaban J connectivity index is 1.85. The summed E-state index contributed by atoms with van der Waals surface area (Å²) in [4.78, 5) is 0. The maximum atomic E-state index is 4.07. The zero-order valence-corrected chi connectivity index (χ0v) is 13.0. The first-order valence-electron chi connectivity index (χ1n) is 8.01. The fourth-order valence-electron chi connectivity index (χ4n) is 6.26. The van der Waals surface area contributed by atoms with Crippen molar-refractivity contribution in [2.45, 2.75) is 84.7 Å². The molecule has 0 saturated heterocycles. The standard InChI is InChI=1S/C17H31N/c1-12(2)13(3)18-17-8-14-6-15(4,10-17)9-16(5,7-14)11-17/h12-14,18H,6-11H2,1-5H3. The van der Waals surface area contributed by atoms with E-state index in [4.69, 9.17) is 0 Å². The van der Waals surface area contributed by atoms with Crippen LogP contribution < -0.4 is 5.32 Å². The molecule has 4 rings (SSSR count). The molecule has 0 amide bonds. The maximum absolute atomic E-state index is 4.07. The van der Waals surface area contributed by atoms with Crippen LogP contribution in [0.4, 0.5) is 0 Å². The van der Waals surface area contributed by atoms with Gasteiger partial charge in [0.2, 0.25) is 0 Å². The molecule has 0 radical (unpaired) electrons. The highest BCUT2D eigenvalue weighted by Crippen LogP contribution is 2.66. The van der Waals surface area contributed by atoms with Gasteiger partial charge in [0.05, 0.1) is 0 Å². The molecule has 18 heavy (non-hydrogen) atoms. The molecule has 4 aliphatic rings. The summed E-state index contributed by atoms with van der Waals surface area (Å²) >= 11 is 0. The summed E-state index contributed by atoms with van der Waals surface area (Å²) in [6.07, 6.45) is 8.81. The van der Waals surface area contributed by atoms with Gasteiger partial charge in [-0.05, 0) is 68.1 Å². The molecule has 3 unspecified atom stereocenters. The van der Waals surface area contributed by atoms with Gasteiger partial charge in [-0.2, -0.15) is 0 Å². The Bertz CT molecular complexity index is 328. The molecule has 104 valence electrons. The molecule has 0 spiro atoms. The van der Waals surface area contributed by atoms with Crippen molar-refractivity contribution in [1.29, 1.82) is 0 Å². The van der Waals surface area contributed by atoms with E-state index >= 15 is 0 Å². The predicted molar refractivity (Wildman–Crippen MR) is 77.6 cm³/mol. The molecule has 0 aromatic carbocycles. The Kier molecular flexibility index (Phi) is 2.70. The van der Waals surface area contributed by atoms with E-state index in [2.05, 4.69) is 39.9 Å². The van der Waals surface area contributed by atoms with Crippen LogP contribution in [0.15, 0.2) is 0 Å². The van der Waals surface area contributed by atoms with Gasteiger partial charge in [0.1, 0.15) is 0 Å². The predicted octanol–water partition coefficient (Wildman–Crippen LogP) is 4.37. The fraction of sp³-hybridized carbons (Fsp3) is 1.00. The maximum Gasteiger partial charge on any atom is 0.0197 e. The van der Waals surface area contributed by atoms with Gasteiger partial charge in [0.15, 0.2) is 0 Å². The molecule has 1 nitrogen and oxygen atoms in total. The van der Waals surface area contributed by atoms with E-state index < -0.39 is 0 Å². The van der Waals surface area contributed by atoms with Gasteiger partial charge in [-0.15, -0.1) is 0 Å². The van der Waals surface area contributed by atoms with E-state index in [1.807, 2.05) is 0 Å². The van der Waals surface area contributed by atoms with Crippen molar-refractivity contribution < 1.29 is 0 Å². The minimum atomic E-state index is 0.479. The quantitative estimate of drug-likeness (QED) is 0.783. The first kappa shape index (κ1) is 13.0. The SMILES string of the molecule is CC(C)C(C)NC12CC3CC(C)(CC(C)(C3)C1)C2. The summed E-state index contributed by atoms with van der Waals surface area (Å²) in [5.41, 5.74) is 1.75. The molecule has 4 saturated carbocycles. The van der Waals surface area contributed by atoms with Gasteiger partial charge in [-0.25, -0.2) is 0 Å². The molecule has 4 aliphatic carbocycles. The van der Waals surface area contributed by atoms with Crippen LogP contribution in [0, 0.1) is 22.7 Å². The van der Waals surface area contributed by atoms with Gasteiger partial charge < -0.3 is 5.32 Å². The van der Waals surface area contributed by atoms with Crippen LogP contribution in [-0.4, -0.2) is 11.6 Å². The van der Waals surface area contributed by atoms with E-state index in [1.165, 1.54) is 38.5 Å². The smallest absolute Gasteiger partial charge is 0.0197 e. The summed E-state index contributed by atoms with van der Waals surface area (Å²) < 4.78 is 0. The van der Waals surface area contributed by atoms with E-state index in [9.17, 15) is 0 Å². The third-order valence-electron chi connectivity index (χ3n) is 6.16. The lowest BCUT2D eigenvalue weighted by molar-refractivity contribution is -0.121. The van der Waals surface area contributed by atoms with Gasteiger partial charge >= 0.3 is 0 Å². The third kappa shape index (κ3) is 2.03. The number of hydrogen-bond acceptors (Lipinski definition) is 1. The molecule has 0 aromatic rings. The topological polar surface area (TPSA) is 12.0 Å². The average Bonchev–Trinajstić information content (AvgIpc) is 2.09. The Labute approximate surface area is 113 Å². The molecule has 0 heterocycles. The highest BCUT2D eigenvalue weighted by atomic mass is 15.0. The van der Waals surface area contributed by atoms with Crippen LogP contribution >= 0.6 is 0 Å². The molecule has 1 N–H and O–H groups in total. The fourth-order valence-corrected chi connectivity index (χ4v) is 6.26. The van der Waals surface area contributed by atoms with E-state index in [0.717, 1.165) is 11.8 Å². The average molecular weight is 249 g/mol. The van der Waals surface area contributed by atoms with Crippen molar-refractivity contribution in [3.63, 3.8) is 0 Å². The van der Waals surface area contributed by atoms with Crippen LogP contribution in [0.2, 0.25) is 0 Å². The van der Waals surface area contributed by atoms with Gasteiger partial charge in [0.25, 0.3) is 0 Å². The number of hydrogen-bond donors (Lipinski definition) is 1. The Morgan fingerprint density at radius 3 is 1.89 bits per heavy atom. The molecule has 0 aromatic heterocycles. The normalized spacial score (nSPS) is 52.0. The van der Waals surface area contributed by atoms with Gasteiger partial charge in [0, 0.05) is 11.6 Å². The van der Waals surface area contributed by atoms with Crippen molar-refractivity contribution in [1.82, 2.24) is 5.32 Å². The van der Waals surface area contributed by atoms with Crippen molar-refractivity contribution in [3.05, 3.63) is 0 Å². The highest BCUT2D eigenvalue weighted by Gasteiger charge is 2.60. The second kappa shape index (κ2) is 3.75. The molecule has 1 heteroatoms. The first-order valence-corrected chi connectivity index (χ1v) is 8.01. The van der Waals surface area contributed by atoms with Crippen LogP contribution in [0.25, 0.3) is 0 Å². The molecular formula is C17H31N.